The van der Waals surface area contributed by atoms with Gasteiger partial charge in [-0.25, -0.2) is 4.79 Å². The molecule has 4 heteroatoms. The molecular weight excluding hydrogens is 336 g/mol. The van der Waals surface area contributed by atoms with Gasteiger partial charge in [-0.3, -0.25) is 0 Å². The third-order valence-corrected chi connectivity index (χ3v) is 4.98. The Morgan fingerprint density at radius 2 is 1.74 bits per heavy atom. The highest BCUT2D eigenvalue weighted by Crippen LogP contribution is 2.36. The van der Waals surface area contributed by atoms with Crippen molar-refractivity contribution in [1.29, 1.82) is 5.26 Å². The summed E-state index contributed by atoms with van der Waals surface area (Å²) in [6.07, 6.45) is 0. The fraction of sp³-hybridized carbons (Fsp3) is 0.0435. The summed E-state index contributed by atoms with van der Waals surface area (Å²) in [5, 5.41) is 12.4. The predicted octanol–water partition coefficient (Wildman–Crippen LogP) is 5.27. The molecule has 0 bridgehead atoms. The van der Waals surface area contributed by atoms with Gasteiger partial charge in [-0.15, -0.1) is 0 Å². The minimum absolute atomic E-state index is 0.0278. The first kappa shape index (κ1) is 15.4. The number of benzene rings is 3. The third kappa shape index (κ3) is 2.19. The zero-order valence-electron chi connectivity index (χ0n) is 14.5. The summed E-state index contributed by atoms with van der Waals surface area (Å²) in [7, 11) is 0. The van der Waals surface area contributed by atoms with Crippen LogP contribution < -0.4 is 5.63 Å². The van der Waals surface area contributed by atoms with Crippen molar-refractivity contribution >= 4 is 32.8 Å². The fourth-order valence-corrected chi connectivity index (χ4v) is 3.75. The number of rotatable bonds is 1. The van der Waals surface area contributed by atoms with Gasteiger partial charge >= 0.3 is 5.63 Å². The second-order valence-electron chi connectivity index (χ2n) is 6.66. The van der Waals surface area contributed by atoms with Crippen molar-refractivity contribution in [2.45, 2.75) is 6.92 Å². The van der Waals surface area contributed by atoms with Crippen LogP contribution in [0.3, 0.4) is 0 Å². The molecular formula is C23H14N2O2. The molecule has 128 valence electrons. The number of hydrogen-bond acceptors (Lipinski definition) is 3. The van der Waals surface area contributed by atoms with E-state index in [2.05, 4.69) is 11.1 Å². The third-order valence-electron chi connectivity index (χ3n) is 4.98. The van der Waals surface area contributed by atoms with Crippen LogP contribution in [0.1, 0.15) is 11.1 Å². The molecule has 1 N–H and O–H groups in total. The maximum absolute atomic E-state index is 12.6. The zero-order chi connectivity index (χ0) is 18.5. The topological polar surface area (TPSA) is 69.8 Å². The van der Waals surface area contributed by atoms with Gasteiger partial charge in [0.1, 0.15) is 11.6 Å². The largest absolute Gasteiger partial charge is 0.419 e. The first-order valence-corrected chi connectivity index (χ1v) is 8.65. The average molecular weight is 350 g/mol. The minimum Gasteiger partial charge on any atom is -0.419 e. The number of aryl methyl sites for hydroxylation is 1. The highest BCUT2D eigenvalue weighted by molar-refractivity contribution is 6.17. The first-order chi connectivity index (χ1) is 13.2. The molecule has 0 spiro atoms. The number of H-pyrrole nitrogens is 1. The van der Waals surface area contributed by atoms with Crippen LogP contribution in [0.5, 0.6) is 0 Å². The SMILES string of the molecule is Cc1ccc2[nH]c3c(ccc4c(-c5ccccc5)c(C#N)c(=O)oc43)c2c1. The minimum atomic E-state index is -0.619. The summed E-state index contributed by atoms with van der Waals surface area (Å²) in [6.45, 7) is 2.05. The zero-order valence-corrected chi connectivity index (χ0v) is 14.5. The van der Waals surface area contributed by atoms with E-state index in [-0.39, 0.29) is 5.56 Å². The lowest BCUT2D eigenvalue weighted by Crippen LogP contribution is -2.07. The Hall–Kier alpha value is -3.84. The van der Waals surface area contributed by atoms with Crippen molar-refractivity contribution in [2.24, 2.45) is 0 Å². The van der Waals surface area contributed by atoms with Crippen LogP contribution in [-0.4, -0.2) is 4.98 Å². The summed E-state index contributed by atoms with van der Waals surface area (Å²) in [4.78, 5) is 15.9. The van der Waals surface area contributed by atoms with E-state index in [0.29, 0.717) is 11.1 Å². The van der Waals surface area contributed by atoms with E-state index in [1.54, 1.807) is 0 Å². The summed E-state index contributed by atoms with van der Waals surface area (Å²) in [5.41, 5.74) is 4.23. The van der Waals surface area contributed by atoms with Crippen molar-refractivity contribution in [3.63, 3.8) is 0 Å². The van der Waals surface area contributed by atoms with Gasteiger partial charge in [0, 0.05) is 27.2 Å². The second kappa shape index (κ2) is 5.58. The number of fused-ring (bicyclic) bond motifs is 5. The van der Waals surface area contributed by atoms with Gasteiger partial charge in [0.25, 0.3) is 0 Å². The van der Waals surface area contributed by atoms with Gasteiger partial charge in [-0.2, -0.15) is 5.26 Å². The summed E-state index contributed by atoms with van der Waals surface area (Å²) < 4.78 is 5.61. The Balaban J connectivity index is 2.00. The van der Waals surface area contributed by atoms with Crippen molar-refractivity contribution < 1.29 is 4.42 Å². The predicted molar refractivity (Wildman–Crippen MR) is 107 cm³/mol. The maximum Gasteiger partial charge on any atom is 0.355 e. The Labute approximate surface area is 154 Å². The highest BCUT2D eigenvalue weighted by Gasteiger charge is 2.19. The number of aromatic amines is 1. The normalized spacial score (nSPS) is 11.3. The highest BCUT2D eigenvalue weighted by atomic mass is 16.4. The van der Waals surface area contributed by atoms with Crippen LogP contribution in [0.25, 0.3) is 43.9 Å². The lowest BCUT2D eigenvalue weighted by molar-refractivity contribution is 0.561. The molecule has 5 rings (SSSR count). The van der Waals surface area contributed by atoms with Gasteiger partial charge in [-0.1, -0.05) is 48.0 Å². The van der Waals surface area contributed by atoms with Crippen molar-refractivity contribution in [3.05, 3.63) is 82.2 Å². The number of aromatic nitrogens is 1. The summed E-state index contributed by atoms with van der Waals surface area (Å²) in [5.74, 6) is 0. The standard InChI is InChI=1S/C23H14N2O2/c1-13-7-10-19-17(11-13)15-8-9-16-20(14-5-3-2-4-6-14)18(12-24)23(26)27-22(16)21(15)25-19/h2-11,25H,1H3. The van der Waals surface area contributed by atoms with E-state index in [1.807, 2.05) is 67.6 Å². The molecule has 0 aliphatic rings. The quantitative estimate of drug-likeness (QED) is 0.418. The van der Waals surface area contributed by atoms with Gasteiger partial charge in [0.05, 0.1) is 5.52 Å². The summed E-state index contributed by atoms with van der Waals surface area (Å²) >= 11 is 0. The Kier molecular flexibility index (Phi) is 3.19. The molecule has 2 heterocycles. The Bertz CT molecular complexity index is 1450. The number of nitrogens with zero attached hydrogens (tertiary/aromatic N) is 1. The lowest BCUT2D eigenvalue weighted by Gasteiger charge is -2.08. The van der Waals surface area contributed by atoms with Crippen LogP contribution in [-0.2, 0) is 0 Å². The van der Waals surface area contributed by atoms with Crippen LogP contribution in [0.4, 0.5) is 0 Å². The molecule has 2 aromatic heterocycles. The van der Waals surface area contributed by atoms with Gasteiger partial charge in [0.2, 0.25) is 0 Å². The second-order valence-corrected chi connectivity index (χ2v) is 6.66. The Morgan fingerprint density at radius 1 is 0.963 bits per heavy atom. The molecule has 0 aliphatic carbocycles. The number of nitriles is 1. The van der Waals surface area contributed by atoms with Crippen LogP contribution in [0.15, 0.2) is 69.9 Å². The molecule has 0 saturated carbocycles. The molecule has 5 aromatic rings. The van der Waals surface area contributed by atoms with Crippen LogP contribution in [0.2, 0.25) is 0 Å². The van der Waals surface area contributed by atoms with E-state index >= 15 is 0 Å². The molecule has 0 atom stereocenters. The van der Waals surface area contributed by atoms with E-state index in [4.69, 9.17) is 4.42 Å². The number of hydrogen-bond donors (Lipinski definition) is 1. The monoisotopic (exact) mass is 350 g/mol. The van der Waals surface area contributed by atoms with E-state index in [1.165, 1.54) is 0 Å². The molecule has 4 nitrogen and oxygen atoms in total. The molecule has 0 aliphatic heterocycles. The summed E-state index contributed by atoms with van der Waals surface area (Å²) in [6, 6.07) is 21.6. The van der Waals surface area contributed by atoms with Crippen LogP contribution in [0, 0.1) is 18.3 Å². The van der Waals surface area contributed by atoms with Gasteiger partial charge < -0.3 is 9.40 Å². The molecule has 0 amide bonds. The fourth-order valence-electron chi connectivity index (χ4n) is 3.75. The van der Waals surface area contributed by atoms with Gasteiger partial charge in [0.15, 0.2) is 5.58 Å². The maximum atomic E-state index is 12.6. The van der Waals surface area contributed by atoms with E-state index in [9.17, 15) is 10.1 Å². The molecule has 0 radical (unpaired) electrons. The van der Waals surface area contributed by atoms with Crippen molar-refractivity contribution in [2.75, 3.05) is 0 Å². The smallest absolute Gasteiger partial charge is 0.355 e. The van der Waals surface area contributed by atoms with Crippen molar-refractivity contribution in [1.82, 2.24) is 4.98 Å². The Morgan fingerprint density at radius 3 is 2.52 bits per heavy atom. The van der Waals surface area contributed by atoms with E-state index < -0.39 is 5.63 Å². The van der Waals surface area contributed by atoms with Crippen molar-refractivity contribution in [3.8, 4) is 17.2 Å². The average Bonchev–Trinajstić information content (AvgIpc) is 3.06. The van der Waals surface area contributed by atoms with Crippen LogP contribution >= 0.6 is 0 Å². The molecule has 0 saturated heterocycles. The molecule has 0 fully saturated rings. The van der Waals surface area contributed by atoms with E-state index in [0.717, 1.165) is 38.3 Å². The first-order valence-electron chi connectivity index (χ1n) is 8.65. The molecule has 27 heavy (non-hydrogen) atoms. The lowest BCUT2D eigenvalue weighted by atomic mass is 9.96. The molecule has 3 aromatic carbocycles. The molecule has 0 unspecified atom stereocenters. The number of nitrogens with one attached hydrogen (secondary N) is 1. The van der Waals surface area contributed by atoms with Gasteiger partial charge in [-0.05, 0) is 30.7 Å².